The first-order valence-corrected chi connectivity index (χ1v) is 37.0. The number of rotatable bonds is 57. The van der Waals surface area contributed by atoms with Gasteiger partial charge in [0.25, 0.3) is 0 Å². The van der Waals surface area contributed by atoms with Crippen molar-refractivity contribution >= 4 is 5.91 Å². The Morgan fingerprint density at radius 2 is 0.742 bits per heavy atom. The number of carbonyl (C=O) groups is 1. The Morgan fingerprint density at radius 3 is 1.16 bits per heavy atom. The Bertz CT molecular complexity index is 1920. The summed E-state index contributed by atoms with van der Waals surface area (Å²) >= 11 is 0. The van der Waals surface area contributed by atoms with Gasteiger partial charge in [0.1, 0.15) is 73.2 Å². The Kier molecular flexibility index (Phi) is 50.4. The van der Waals surface area contributed by atoms with Crippen LogP contribution in [-0.2, 0) is 33.2 Å². The number of nitrogens with one attached hydrogen (secondary N) is 1. The van der Waals surface area contributed by atoms with Crippen molar-refractivity contribution in [3.8, 4) is 0 Å². The molecule has 3 saturated heterocycles. The number of allylic oxidation sites excluding steroid dienone is 9. The zero-order valence-corrected chi connectivity index (χ0v) is 57.5. The highest BCUT2D eigenvalue weighted by Crippen LogP contribution is 2.33. The molecule has 3 aliphatic heterocycles. The average molecular weight is 1320 g/mol. The summed E-state index contributed by atoms with van der Waals surface area (Å²) in [5.74, 6) is -0.273. The standard InChI is InChI=1S/C74H133NO18/c1-3-5-7-9-11-13-15-17-18-19-20-21-22-23-24-25-26-27-28-29-30-31-32-33-34-35-36-37-38-40-42-44-46-48-50-52-62(80)75-57(58(79)51-49-47-45-43-41-39-16-14-12-10-8-6-4-2)56-88-72-68(86)65(83)70(60(54-77)90-72)93-74-69(87)66(84)71(61(55-78)91-74)92-73-67(85)64(82)63(81)59(53-76)89-73/h5,7,11,13,17-18,20-21,49,51,57-61,63-74,76-79,81-87H,3-4,6,8-10,12,14-16,19,22-48,50,52-56H2,1-2H3,(H,75,80)/b7-5-,13-11-,18-17-,21-20-,51-49+. The maximum Gasteiger partial charge on any atom is 0.220 e. The number of carbonyl (C=O) groups excluding carboxylic acids is 1. The molecule has 17 atom stereocenters. The van der Waals surface area contributed by atoms with Gasteiger partial charge >= 0.3 is 0 Å². The zero-order chi connectivity index (χ0) is 67.5. The van der Waals surface area contributed by atoms with Crippen LogP contribution >= 0.6 is 0 Å². The van der Waals surface area contributed by atoms with Crippen molar-refractivity contribution in [1.82, 2.24) is 5.32 Å². The lowest BCUT2D eigenvalue weighted by Crippen LogP contribution is -2.66. The molecule has 3 heterocycles. The smallest absolute Gasteiger partial charge is 0.220 e. The third-order valence-electron chi connectivity index (χ3n) is 18.3. The molecule has 19 nitrogen and oxygen atoms in total. The summed E-state index contributed by atoms with van der Waals surface area (Å²) in [5, 5.41) is 120. The molecule has 3 rings (SSSR count). The van der Waals surface area contributed by atoms with Crippen LogP contribution in [0, 0.1) is 0 Å². The van der Waals surface area contributed by atoms with Gasteiger partial charge in [-0.25, -0.2) is 0 Å². The lowest BCUT2D eigenvalue weighted by atomic mass is 9.96. The largest absolute Gasteiger partial charge is 0.394 e. The summed E-state index contributed by atoms with van der Waals surface area (Å²) < 4.78 is 34.3. The van der Waals surface area contributed by atoms with Crippen molar-refractivity contribution in [2.75, 3.05) is 26.4 Å². The van der Waals surface area contributed by atoms with E-state index in [0.717, 1.165) is 70.6 Å². The van der Waals surface area contributed by atoms with E-state index in [0.29, 0.717) is 6.42 Å². The molecule has 0 saturated carbocycles. The second-order valence-corrected chi connectivity index (χ2v) is 26.4. The fourth-order valence-corrected chi connectivity index (χ4v) is 12.4. The van der Waals surface area contributed by atoms with Gasteiger partial charge in [0.2, 0.25) is 5.91 Å². The van der Waals surface area contributed by atoms with Gasteiger partial charge in [-0.15, -0.1) is 0 Å². The van der Waals surface area contributed by atoms with Crippen LogP contribution < -0.4 is 5.32 Å². The molecule has 17 unspecified atom stereocenters. The quantitative estimate of drug-likeness (QED) is 0.0199. The van der Waals surface area contributed by atoms with E-state index in [1.165, 1.54) is 173 Å². The van der Waals surface area contributed by atoms with E-state index < -0.39 is 124 Å². The molecule has 0 aromatic heterocycles. The first-order chi connectivity index (χ1) is 45.3. The SMILES string of the molecule is CC/C=C\C/C=C\C/C=C\C/C=C\CCCCCCCCCCCCCCCCCCCCCCCCC(=O)NC(COC1OC(CO)C(OC2OC(CO)C(OC3OC(CO)C(O)C(O)C3O)C(O)C2O)C(O)C1O)C(O)/C=C/CCCCCCCCCCCCC. The highest BCUT2D eigenvalue weighted by Gasteiger charge is 2.53. The van der Waals surface area contributed by atoms with Gasteiger partial charge in [0.15, 0.2) is 18.9 Å². The molecule has 0 aromatic rings. The summed E-state index contributed by atoms with van der Waals surface area (Å²) in [5.41, 5.74) is 0. The van der Waals surface area contributed by atoms with Crippen LogP contribution in [0.4, 0.5) is 0 Å². The van der Waals surface area contributed by atoms with E-state index in [4.69, 9.17) is 28.4 Å². The number of unbranched alkanes of at least 4 members (excludes halogenated alkanes) is 33. The topological polar surface area (TPSA) is 307 Å². The predicted octanol–water partition coefficient (Wildman–Crippen LogP) is 10.7. The number of aliphatic hydroxyl groups is 11. The molecule has 3 aliphatic rings. The minimum absolute atomic E-state index is 0.245. The van der Waals surface area contributed by atoms with Gasteiger partial charge in [0.05, 0.1) is 38.6 Å². The average Bonchev–Trinajstić information content (AvgIpc) is 0.842. The van der Waals surface area contributed by atoms with E-state index in [-0.39, 0.29) is 18.9 Å². The molecule has 0 aromatic carbocycles. The normalized spacial score (nSPS) is 27.9. The minimum atomic E-state index is -1.98. The van der Waals surface area contributed by atoms with Crippen molar-refractivity contribution in [2.45, 2.75) is 375 Å². The molecule has 0 spiro atoms. The molecule has 0 radical (unpaired) electrons. The Labute approximate surface area is 560 Å². The highest BCUT2D eigenvalue weighted by molar-refractivity contribution is 5.76. The van der Waals surface area contributed by atoms with Gasteiger partial charge in [0, 0.05) is 6.42 Å². The fourth-order valence-electron chi connectivity index (χ4n) is 12.4. The Morgan fingerprint density at radius 1 is 0.398 bits per heavy atom. The number of ether oxygens (including phenoxy) is 6. The summed E-state index contributed by atoms with van der Waals surface area (Å²) in [4.78, 5) is 13.4. The number of aliphatic hydroxyl groups excluding tert-OH is 11. The van der Waals surface area contributed by atoms with E-state index in [1.807, 2.05) is 6.08 Å². The molecular formula is C74H133NO18. The van der Waals surface area contributed by atoms with Crippen molar-refractivity contribution in [3.63, 3.8) is 0 Å². The van der Waals surface area contributed by atoms with Crippen molar-refractivity contribution < 1.29 is 89.4 Å². The third kappa shape index (κ3) is 36.8. The zero-order valence-electron chi connectivity index (χ0n) is 57.5. The van der Waals surface area contributed by atoms with Crippen LogP contribution in [0.5, 0.6) is 0 Å². The van der Waals surface area contributed by atoms with Gasteiger partial charge in [-0.1, -0.05) is 267 Å². The van der Waals surface area contributed by atoms with E-state index in [1.54, 1.807) is 6.08 Å². The van der Waals surface area contributed by atoms with E-state index in [2.05, 4.69) is 67.8 Å². The van der Waals surface area contributed by atoms with Crippen LogP contribution in [0.2, 0.25) is 0 Å². The van der Waals surface area contributed by atoms with Crippen LogP contribution in [0.1, 0.15) is 271 Å². The van der Waals surface area contributed by atoms with Crippen molar-refractivity contribution in [1.29, 1.82) is 0 Å². The summed E-state index contributed by atoms with van der Waals surface area (Å²) in [6, 6.07) is -0.972. The van der Waals surface area contributed by atoms with Gasteiger partial charge in [-0.05, 0) is 57.8 Å². The minimum Gasteiger partial charge on any atom is -0.394 e. The molecule has 0 aliphatic carbocycles. The Hall–Kier alpha value is -2.51. The fraction of sp³-hybridized carbons (Fsp3) is 0.851. The third-order valence-corrected chi connectivity index (χ3v) is 18.3. The molecule has 19 heteroatoms. The number of amides is 1. The summed E-state index contributed by atoms with van der Waals surface area (Å²) in [6.07, 6.45) is 42.2. The second-order valence-electron chi connectivity index (χ2n) is 26.4. The summed E-state index contributed by atoms with van der Waals surface area (Å²) in [6.45, 7) is 1.62. The van der Waals surface area contributed by atoms with Crippen LogP contribution in [0.3, 0.4) is 0 Å². The molecule has 3 fully saturated rings. The summed E-state index contributed by atoms with van der Waals surface area (Å²) in [7, 11) is 0. The highest BCUT2D eigenvalue weighted by atomic mass is 16.8. The second kappa shape index (κ2) is 55.4. The monoisotopic (exact) mass is 1320 g/mol. The molecular weight excluding hydrogens is 1190 g/mol. The lowest BCUT2D eigenvalue weighted by Gasteiger charge is -2.48. The first kappa shape index (κ1) is 84.7. The van der Waals surface area contributed by atoms with Crippen molar-refractivity contribution in [2.24, 2.45) is 0 Å². The maximum absolute atomic E-state index is 13.4. The molecule has 542 valence electrons. The first-order valence-electron chi connectivity index (χ1n) is 37.0. The maximum atomic E-state index is 13.4. The van der Waals surface area contributed by atoms with Crippen LogP contribution in [0.25, 0.3) is 0 Å². The Balaban J connectivity index is 1.32. The molecule has 0 bridgehead atoms. The predicted molar refractivity (Wildman–Crippen MR) is 365 cm³/mol. The number of hydrogen-bond donors (Lipinski definition) is 12. The number of hydrogen-bond acceptors (Lipinski definition) is 18. The van der Waals surface area contributed by atoms with E-state index >= 15 is 0 Å². The van der Waals surface area contributed by atoms with Crippen LogP contribution in [-0.4, -0.2) is 193 Å². The van der Waals surface area contributed by atoms with Gasteiger partial charge < -0.3 is 89.9 Å². The molecule has 12 N–H and O–H groups in total. The molecule has 1 amide bonds. The van der Waals surface area contributed by atoms with Crippen LogP contribution in [0.15, 0.2) is 60.8 Å². The van der Waals surface area contributed by atoms with Crippen molar-refractivity contribution in [3.05, 3.63) is 60.8 Å². The lowest BCUT2D eigenvalue weighted by molar-refractivity contribution is -0.379. The molecule has 93 heavy (non-hydrogen) atoms. The van der Waals surface area contributed by atoms with Gasteiger partial charge in [-0.2, -0.15) is 0 Å². The van der Waals surface area contributed by atoms with Gasteiger partial charge in [-0.3, -0.25) is 4.79 Å². The van der Waals surface area contributed by atoms with E-state index in [9.17, 15) is 61.0 Å².